The second kappa shape index (κ2) is 7.55. The Kier molecular flexibility index (Phi) is 6.37. The summed E-state index contributed by atoms with van der Waals surface area (Å²) in [4.78, 5) is 2.28. The van der Waals surface area contributed by atoms with E-state index in [9.17, 15) is 0 Å². The van der Waals surface area contributed by atoms with E-state index in [0.29, 0.717) is 12.1 Å². The van der Waals surface area contributed by atoms with Crippen LogP contribution in [0, 0.1) is 0 Å². The lowest BCUT2D eigenvalue weighted by molar-refractivity contribution is 0.283. The first-order chi connectivity index (χ1) is 8.54. The molecule has 1 aromatic rings. The molecule has 0 spiro atoms. The summed E-state index contributed by atoms with van der Waals surface area (Å²) in [6.07, 6.45) is 2.39. The molecule has 18 heavy (non-hydrogen) atoms. The Bertz CT molecular complexity index is 327. The van der Waals surface area contributed by atoms with Crippen molar-refractivity contribution in [2.45, 2.75) is 45.7 Å². The Morgan fingerprint density at radius 1 is 1.11 bits per heavy atom. The molecule has 1 unspecified atom stereocenters. The van der Waals surface area contributed by atoms with Gasteiger partial charge in [0.05, 0.1) is 0 Å². The van der Waals surface area contributed by atoms with E-state index in [2.05, 4.69) is 69.3 Å². The lowest BCUT2D eigenvalue weighted by Gasteiger charge is -2.26. The molecule has 0 aliphatic rings. The SMILES string of the molecule is CCCc1ccc(C(CNC(C)C)N(C)C)cc1. The summed E-state index contributed by atoms with van der Waals surface area (Å²) >= 11 is 0. The van der Waals surface area contributed by atoms with E-state index in [1.807, 2.05) is 0 Å². The van der Waals surface area contributed by atoms with Crippen molar-refractivity contribution < 1.29 is 0 Å². The molecule has 0 fully saturated rings. The van der Waals surface area contributed by atoms with Crippen LogP contribution in [0.1, 0.15) is 44.4 Å². The number of benzene rings is 1. The van der Waals surface area contributed by atoms with Crippen molar-refractivity contribution in [3.05, 3.63) is 35.4 Å². The number of hydrogen-bond acceptors (Lipinski definition) is 2. The van der Waals surface area contributed by atoms with Gasteiger partial charge in [-0.05, 0) is 31.6 Å². The van der Waals surface area contributed by atoms with Gasteiger partial charge in [-0.25, -0.2) is 0 Å². The first kappa shape index (κ1) is 15.2. The van der Waals surface area contributed by atoms with Crippen molar-refractivity contribution in [3.63, 3.8) is 0 Å². The average molecular weight is 248 g/mol. The number of hydrogen-bond donors (Lipinski definition) is 1. The van der Waals surface area contributed by atoms with Gasteiger partial charge >= 0.3 is 0 Å². The summed E-state index contributed by atoms with van der Waals surface area (Å²) in [5.74, 6) is 0. The minimum absolute atomic E-state index is 0.447. The van der Waals surface area contributed by atoms with Gasteiger partial charge in [0.2, 0.25) is 0 Å². The predicted molar refractivity (Wildman–Crippen MR) is 80.0 cm³/mol. The molecule has 0 amide bonds. The van der Waals surface area contributed by atoms with Crippen LogP contribution in [0.4, 0.5) is 0 Å². The molecule has 0 aromatic heterocycles. The van der Waals surface area contributed by atoms with E-state index in [1.165, 1.54) is 24.0 Å². The minimum atomic E-state index is 0.447. The third-order valence-corrected chi connectivity index (χ3v) is 3.25. The van der Waals surface area contributed by atoms with Gasteiger partial charge in [0, 0.05) is 18.6 Å². The summed E-state index contributed by atoms with van der Waals surface area (Å²) in [5.41, 5.74) is 2.84. The summed E-state index contributed by atoms with van der Waals surface area (Å²) < 4.78 is 0. The van der Waals surface area contributed by atoms with E-state index in [-0.39, 0.29) is 0 Å². The largest absolute Gasteiger partial charge is 0.313 e. The van der Waals surface area contributed by atoms with Crippen LogP contribution in [0.15, 0.2) is 24.3 Å². The topological polar surface area (TPSA) is 15.3 Å². The van der Waals surface area contributed by atoms with Crippen molar-refractivity contribution in [1.82, 2.24) is 10.2 Å². The molecular formula is C16H28N2. The highest BCUT2D eigenvalue weighted by atomic mass is 15.1. The highest BCUT2D eigenvalue weighted by Gasteiger charge is 2.13. The number of rotatable bonds is 7. The maximum atomic E-state index is 3.52. The zero-order chi connectivity index (χ0) is 13.5. The monoisotopic (exact) mass is 248 g/mol. The Morgan fingerprint density at radius 2 is 1.72 bits per heavy atom. The van der Waals surface area contributed by atoms with E-state index >= 15 is 0 Å². The maximum Gasteiger partial charge on any atom is 0.0466 e. The molecule has 2 heteroatoms. The van der Waals surface area contributed by atoms with Gasteiger partial charge in [0.15, 0.2) is 0 Å². The first-order valence-corrected chi connectivity index (χ1v) is 7.03. The van der Waals surface area contributed by atoms with Crippen LogP contribution in [-0.4, -0.2) is 31.6 Å². The van der Waals surface area contributed by atoms with Crippen molar-refractivity contribution in [2.24, 2.45) is 0 Å². The summed E-state index contributed by atoms with van der Waals surface area (Å²) in [6, 6.07) is 10.1. The summed E-state index contributed by atoms with van der Waals surface area (Å²) in [7, 11) is 4.29. The smallest absolute Gasteiger partial charge is 0.0466 e. The Morgan fingerprint density at radius 3 is 2.17 bits per heavy atom. The summed E-state index contributed by atoms with van der Waals surface area (Å²) in [6.45, 7) is 7.61. The highest BCUT2D eigenvalue weighted by molar-refractivity contribution is 5.25. The molecule has 0 radical (unpaired) electrons. The van der Waals surface area contributed by atoms with Crippen LogP contribution in [0.2, 0.25) is 0 Å². The van der Waals surface area contributed by atoms with Crippen LogP contribution in [-0.2, 0) is 6.42 Å². The molecule has 0 heterocycles. The van der Waals surface area contributed by atoms with Crippen molar-refractivity contribution in [3.8, 4) is 0 Å². The summed E-state index contributed by atoms with van der Waals surface area (Å²) in [5, 5.41) is 3.52. The standard InChI is InChI=1S/C16H28N2/c1-6-7-14-8-10-15(11-9-14)16(18(4)5)12-17-13(2)3/h8-11,13,16-17H,6-7,12H2,1-5H3. The molecule has 1 aromatic carbocycles. The molecule has 0 saturated carbocycles. The molecule has 1 N–H and O–H groups in total. The normalized spacial score (nSPS) is 13.3. The van der Waals surface area contributed by atoms with Gasteiger partial charge in [-0.3, -0.25) is 0 Å². The number of nitrogens with one attached hydrogen (secondary N) is 1. The first-order valence-electron chi connectivity index (χ1n) is 7.03. The Hall–Kier alpha value is -0.860. The molecule has 0 aliphatic heterocycles. The molecule has 0 saturated heterocycles. The lowest BCUT2D eigenvalue weighted by atomic mass is 10.0. The van der Waals surface area contributed by atoms with E-state index < -0.39 is 0 Å². The van der Waals surface area contributed by atoms with E-state index in [4.69, 9.17) is 0 Å². The second-order valence-electron chi connectivity index (χ2n) is 5.53. The molecule has 1 rings (SSSR count). The quantitative estimate of drug-likeness (QED) is 0.797. The fourth-order valence-electron chi connectivity index (χ4n) is 2.14. The fourth-order valence-corrected chi connectivity index (χ4v) is 2.14. The third-order valence-electron chi connectivity index (χ3n) is 3.25. The molecule has 0 aliphatic carbocycles. The third kappa shape index (κ3) is 4.79. The van der Waals surface area contributed by atoms with Gasteiger partial charge in [-0.15, -0.1) is 0 Å². The zero-order valence-corrected chi connectivity index (χ0v) is 12.5. The number of nitrogens with zero attached hydrogens (tertiary/aromatic N) is 1. The predicted octanol–water partition coefficient (Wildman–Crippen LogP) is 3.24. The maximum absolute atomic E-state index is 3.52. The van der Waals surface area contributed by atoms with Crippen LogP contribution in [0.3, 0.4) is 0 Å². The fraction of sp³-hybridized carbons (Fsp3) is 0.625. The molecule has 1 atom stereocenters. The molecule has 102 valence electrons. The van der Waals surface area contributed by atoms with Crippen LogP contribution < -0.4 is 5.32 Å². The van der Waals surface area contributed by atoms with Gasteiger partial charge in [-0.1, -0.05) is 51.5 Å². The number of aryl methyl sites for hydroxylation is 1. The van der Waals surface area contributed by atoms with Crippen molar-refractivity contribution in [2.75, 3.05) is 20.6 Å². The number of likely N-dealkylation sites (N-methyl/N-ethyl adjacent to an activating group) is 1. The minimum Gasteiger partial charge on any atom is -0.313 e. The molecule has 0 bridgehead atoms. The van der Waals surface area contributed by atoms with E-state index in [1.54, 1.807) is 0 Å². The van der Waals surface area contributed by atoms with E-state index in [0.717, 1.165) is 6.54 Å². The van der Waals surface area contributed by atoms with Crippen LogP contribution in [0.5, 0.6) is 0 Å². The Labute approximate surface area is 112 Å². The van der Waals surface area contributed by atoms with Crippen molar-refractivity contribution >= 4 is 0 Å². The van der Waals surface area contributed by atoms with Gasteiger partial charge < -0.3 is 10.2 Å². The van der Waals surface area contributed by atoms with Crippen LogP contribution >= 0.6 is 0 Å². The van der Waals surface area contributed by atoms with Crippen molar-refractivity contribution in [1.29, 1.82) is 0 Å². The van der Waals surface area contributed by atoms with Gasteiger partial charge in [0.1, 0.15) is 0 Å². The van der Waals surface area contributed by atoms with Gasteiger partial charge in [0.25, 0.3) is 0 Å². The molecule has 2 nitrogen and oxygen atoms in total. The van der Waals surface area contributed by atoms with Gasteiger partial charge in [-0.2, -0.15) is 0 Å². The Balaban J connectivity index is 2.72. The second-order valence-corrected chi connectivity index (χ2v) is 5.53. The lowest BCUT2D eigenvalue weighted by Crippen LogP contribution is -2.34. The van der Waals surface area contributed by atoms with Crippen LogP contribution in [0.25, 0.3) is 0 Å². The highest BCUT2D eigenvalue weighted by Crippen LogP contribution is 2.18. The zero-order valence-electron chi connectivity index (χ0n) is 12.5. The molecular weight excluding hydrogens is 220 g/mol. The average Bonchev–Trinajstić information content (AvgIpc) is 2.31.